The number of allylic oxidation sites excluding steroid dienone is 2. The number of benzene rings is 3. The molecule has 9 aromatic rings. The molecule has 1 saturated heterocycles. The molecule has 0 bridgehead atoms. The average Bonchev–Trinajstić information content (AvgIpc) is 1.42. The van der Waals surface area contributed by atoms with E-state index in [4.69, 9.17) is 58.3 Å². The molecular weight excluding hydrogens is 1640 g/mol. The Labute approximate surface area is 737 Å². The van der Waals surface area contributed by atoms with Gasteiger partial charge in [0.05, 0.1) is 16.7 Å². The smallest absolute Gasteiger partial charge is 0.329 e. The van der Waals surface area contributed by atoms with Gasteiger partial charge in [-0.1, -0.05) is 245 Å². The molecule has 0 spiro atoms. The molecular formula is C92H120Cl2F6N16O6S. The number of nitro benzene ring substituents is 1. The van der Waals surface area contributed by atoms with Crippen molar-refractivity contribution in [2.75, 3.05) is 13.1 Å². The summed E-state index contributed by atoms with van der Waals surface area (Å²) in [6.45, 7) is 57.8. The van der Waals surface area contributed by atoms with Crippen LogP contribution in [-0.2, 0) is 26.5 Å². The van der Waals surface area contributed by atoms with E-state index in [1.807, 2.05) is 131 Å². The molecule has 666 valence electrons. The highest BCUT2D eigenvalue weighted by Crippen LogP contribution is 2.31. The largest absolute Gasteiger partial charge is 0.433 e. The quantitative estimate of drug-likeness (QED) is 0.0306. The Hall–Kier alpha value is -10.8. The van der Waals surface area contributed by atoms with Gasteiger partial charge in [-0.15, -0.1) is 5.10 Å². The Bertz CT molecular complexity index is 4850. The fourth-order valence-electron chi connectivity index (χ4n) is 9.85. The number of nitrogens with zero attached hydrogens (tertiary/aromatic N) is 16. The number of ketones is 1. The van der Waals surface area contributed by atoms with Crippen LogP contribution in [0.4, 0.5) is 32.0 Å². The van der Waals surface area contributed by atoms with Crippen molar-refractivity contribution >= 4 is 46.2 Å². The zero-order valence-electron chi connectivity index (χ0n) is 76.2. The minimum atomic E-state index is -1.36. The monoisotopic (exact) mass is 1760 g/mol. The van der Waals surface area contributed by atoms with E-state index in [9.17, 15) is 41.3 Å². The summed E-state index contributed by atoms with van der Waals surface area (Å²) in [7, 11) is 0. The number of hydrogen-bond acceptors (Lipinski definition) is 22. The predicted molar refractivity (Wildman–Crippen MR) is 469 cm³/mol. The van der Waals surface area contributed by atoms with E-state index in [0.29, 0.717) is 51.0 Å². The number of rotatable bonds is 10. The minimum absolute atomic E-state index is 0.0231. The summed E-state index contributed by atoms with van der Waals surface area (Å²) < 4.78 is 96.4. The number of nitro groups is 1. The summed E-state index contributed by atoms with van der Waals surface area (Å²) in [4.78, 5) is 43.0. The van der Waals surface area contributed by atoms with Crippen LogP contribution in [0.15, 0.2) is 110 Å². The highest BCUT2D eigenvalue weighted by molar-refractivity contribution is 7.05. The summed E-state index contributed by atoms with van der Waals surface area (Å²) in [6.07, 6.45) is 16.2. The first kappa shape index (κ1) is 110. The lowest BCUT2D eigenvalue weighted by molar-refractivity contribution is -0.385. The molecule has 0 saturated carbocycles. The second kappa shape index (κ2) is 52.0. The Morgan fingerprint density at radius 1 is 0.618 bits per heavy atom. The molecule has 1 aliphatic heterocycles. The Morgan fingerprint density at radius 3 is 1.54 bits per heavy atom. The first-order valence-corrected chi connectivity index (χ1v) is 41.6. The lowest BCUT2D eigenvalue weighted by atomic mass is 9.86. The van der Waals surface area contributed by atoms with Crippen molar-refractivity contribution < 1.29 is 49.4 Å². The van der Waals surface area contributed by atoms with Crippen LogP contribution in [0.5, 0.6) is 0 Å². The van der Waals surface area contributed by atoms with Crippen molar-refractivity contribution in [1.29, 1.82) is 26.3 Å². The fourth-order valence-corrected chi connectivity index (χ4v) is 10.9. The van der Waals surface area contributed by atoms with Crippen molar-refractivity contribution in [1.82, 2.24) is 49.5 Å². The van der Waals surface area contributed by atoms with E-state index in [-0.39, 0.29) is 80.1 Å². The summed E-state index contributed by atoms with van der Waals surface area (Å²) in [5.41, 5.74) is 3.91. The molecule has 0 amide bonds. The van der Waals surface area contributed by atoms with E-state index in [1.54, 1.807) is 50.5 Å². The Morgan fingerprint density at radius 2 is 1.20 bits per heavy atom. The molecule has 1 aliphatic carbocycles. The molecule has 1 unspecified atom stereocenters. The van der Waals surface area contributed by atoms with Crippen molar-refractivity contribution in [3.8, 4) is 30.5 Å². The van der Waals surface area contributed by atoms with Gasteiger partial charge in [0.25, 0.3) is 5.69 Å². The standard InChI is InChI=1S/C11H18O.C10H10FN.C9H8F4.C9H10FNO2.2C8H10ClN.C8H10N2O.C8H14N2.2C7H9N3O.C7H12N2S/c1-11(2,3)8-7-10(12)9-5-4-6-9;1-7(2)9-5-3-4-8(6-12)10(9)11;1-4(2)7-8(12)5(10)3-6(11)9(7)13;1-6(2)8-5-7(11(12)13)3-4-9(8)10;1-6(2)7-5-10-4-3-8(7)9;1-6(2)7-3-4-8(9)10-5-7;1-8(2,3)6-5-10-7(4-9)11-6;1-7(2)8-3-4-10(5-8)6-9;1-7(2,3)6-10-9-5(4-8)11-6;1-7(2,3)6-9-5(4-8)11-10-6;1-5-8-6(9-10-5)7(2,3)4/h5H,4,6-8H2,1-3H3;3-5,7H,1-2H3;3-4H,1-2H3;3-6H,1-2H3;2*3-6H,1-2H3;5H,1-3H3;7-8H,3-5H2,1-2H3;2*1-3H3;1-4H3. The van der Waals surface area contributed by atoms with E-state index in [1.165, 1.54) is 55.6 Å². The van der Waals surface area contributed by atoms with E-state index in [2.05, 4.69) is 145 Å². The molecule has 6 aromatic heterocycles. The van der Waals surface area contributed by atoms with Gasteiger partial charge < -0.3 is 18.3 Å². The number of halogens is 8. The minimum Gasteiger partial charge on any atom is -0.433 e. The SMILES string of the molecule is CC(C)(C)CCC(=O)C1=CCC1.CC(C)(C)c1cnc(C#N)o1.CC(C)(C)c1nnc(C#N)o1.CC(C)(C)c1noc(C#N)n1.CC(C)C1CCN(C#N)C1.CC(C)c1c(F)c(F)cc(F)c1F.CC(C)c1cc([N+](=O)[O-])ccc1F.CC(C)c1ccc(Cl)nc1.CC(C)c1cccc(C#N)c1F.CC(C)c1cnccc1Cl.Cc1nc(C(C)(C)C)ns1. The number of likely N-dealkylation sites (tertiary alicyclic amines) is 1. The maximum absolute atomic E-state index is 13.3. The van der Waals surface area contributed by atoms with Crippen LogP contribution in [0.1, 0.15) is 328 Å². The van der Waals surface area contributed by atoms with Crippen molar-refractivity contribution in [3.63, 3.8) is 0 Å². The molecule has 0 N–H and O–H groups in total. The van der Waals surface area contributed by atoms with Crippen LogP contribution in [0.2, 0.25) is 10.2 Å². The van der Waals surface area contributed by atoms with E-state index < -0.39 is 39.7 Å². The van der Waals surface area contributed by atoms with Gasteiger partial charge in [0.1, 0.15) is 39.4 Å². The van der Waals surface area contributed by atoms with Crippen LogP contribution >= 0.6 is 34.7 Å². The lowest BCUT2D eigenvalue weighted by Crippen LogP contribution is -2.15. The molecule has 3 aromatic carbocycles. The number of hydrogen-bond donors (Lipinski definition) is 0. The van der Waals surface area contributed by atoms with Crippen molar-refractivity contribution in [3.05, 3.63) is 232 Å². The molecule has 7 heterocycles. The van der Waals surface area contributed by atoms with Crippen LogP contribution in [0.3, 0.4) is 0 Å². The number of nitriles is 5. The summed E-state index contributed by atoms with van der Waals surface area (Å²) in [5.74, 6) is -0.834. The number of aryl methyl sites for hydroxylation is 1. The van der Waals surface area contributed by atoms with Gasteiger partial charge >= 0.3 is 17.7 Å². The van der Waals surface area contributed by atoms with Gasteiger partial charge in [-0.2, -0.15) is 35.7 Å². The van der Waals surface area contributed by atoms with Gasteiger partial charge in [-0.05, 0) is 143 Å². The third-order valence-electron chi connectivity index (χ3n) is 17.6. The first-order valence-electron chi connectivity index (χ1n) is 40.1. The van der Waals surface area contributed by atoms with Gasteiger partial charge in [-0.25, -0.2) is 41.3 Å². The topological polar surface area (TPSA) is 338 Å². The number of pyridine rings is 2. The third-order valence-corrected chi connectivity index (χ3v) is 18.8. The Kier molecular flexibility index (Phi) is 46.6. The highest BCUT2D eigenvalue weighted by atomic mass is 35.5. The number of oxazole rings is 1. The maximum Gasteiger partial charge on any atom is 0.329 e. The first-order chi connectivity index (χ1) is 56.9. The van der Waals surface area contributed by atoms with Crippen molar-refractivity contribution in [2.45, 2.75) is 277 Å². The summed E-state index contributed by atoms with van der Waals surface area (Å²) in [6, 6.07) is 21.5. The molecule has 1 atom stereocenters. The second-order valence-corrected chi connectivity index (χ2v) is 37.4. The normalized spacial score (nSPS) is 12.6. The summed E-state index contributed by atoms with van der Waals surface area (Å²) >= 11 is 13.0. The second-order valence-electron chi connectivity index (χ2n) is 35.7. The number of Topliss-reactive ketones (excluding diaryl/α,β-unsaturated/α-hetero) is 1. The van der Waals surface area contributed by atoms with E-state index in [0.717, 1.165) is 89.4 Å². The van der Waals surface area contributed by atoms with Gasteiger partial charge in [0.15, 0.2) is 59.3 Å². The van der Waals surface area contributed by atoms with E-state index >= 15 is 0 Å². The molecule has 31 heteroatoms. The van der Waals surface area contributed by atoms with Crippen LogP contribution in [-0.4, -0.2) is 73.3 Å². The zero-order chi connectivity index (χ0) is 94.4. The zero-order valence-corrected chi connectivity index (χ0v) is 78.5. The van der Waals surface area contributed by atoms with Crippen LogP contribution in [0.25, 0.3) is 0 Å². The predicted octanol–water partition coefficient (Wildman–Crippen LogP) is 25.8. The molecule has 11 rings (SSSR count). The number of non-ortho nitro benzene ring substituents is 1. The number of carbonyl (C=O) groups is 1. The maximum atomic E-state index is 13.3. The number of aromatic nitrogens is 9. The lowest BCUT2D eigenvalue weighted by Gasteiger charge is -2.19. The molecule has 22 nitrogen and oxygen atoms in total. The van der Waals surface area contributed by atoms with Crippen molar-refractivity contribution in [2.24, 2.45) is 17.3 Å². The van der Waals surface area contributed by atoms with Gasteiger partial charge in [0, 0.05) is 88.5 Å². The highest BCUT2D eigenvalue weighted by Gasteiger charge is 2.27. The molecule has 123 heavy (non-hydrogen) atoms. The average molecular weight is 1760 g/mol. The van der Waals surface area contributed by atoms with Gasteiger partial charge in [0.2, 0.25) is 5.89 Å². The van der Waals surface area contributed by atoms with Crippen LogP contribution < -0.4 is 0 Å². The number of carbonyl (C=O) groups excluding carboxylic acids is 1. The van der Waals surface area contributed by atoms with Crippen LogP contribution in [0, 0.1) is 126 Å². The Balaban J connectivity index is 0.000000677. The van der Waals surface area contributed by atoms with Gasteiger partial charge in [-0.3, -0.25) is 19.9 Å². The molecule has 0 radical (unpaired) electrons. The third kappa shape index (κ3) is 40.9. The molecule has 1 fully saturated rings. The summed E-state index contributed by atoms with van der Waals surface area (Å²) in [5, 5.41) is 65.9. The fraction of sp³-hybridized carbons (Fsp3) is 0.511. The molecule has 2 aliphatic rings.